The van der Waals surface area contributed by atoms with Gasteiger partial charge in [-0.1, -0.05) is 6.92 Å². The van der Waals surface area contributed by atoms with E-state index in [2.05, 4.69) is 12.6 Å². The maximum atomic E-state index is 10.9. The van der Waals surface area contributed by atoms with Gasteiger partial charge < -0.3 is 0 Å². The molecule has 0 aliphatic carbocycles. The molecule has 0 saturated heterocycles. The van der Waals surface area contributed by atoms with E-state index in [1.807, 2.05) is 6.92 Å². The van der Waals surface area contributed by atoms with Crippen molar-refractivity contribution in [3.63, 3.8) is 0 Å². The van der Waals surface area contributed by atoms with Crippen LogP contribution >= 0.6 is 12.6 Å². The molecule has 0 amide bonds. The molecule has 0 bridgehead atoms. The second kappa shape index (κ2) is 6.40. The Morgan fingerprint density at radius 2 is 1.64 bits per heavy atom. The summed E-state index contributed by atoms with van der Waals surface area (Å²) in [6.07, 6.45) is 1.82. The van der Waals surface area contributed by atoms with Crippen molar-refractivity contribution >= 4 is 24.2 Å². The van der Waals surface area contributed by atoms with Gasteiger partial charge in [-0.15, -0.1) is 0 Å². The van der Waals surface area contributed by atoms with Crippen LogP contribution in [0.4, 0.5) is 0 Å². The van der Waals surface area contributed by atoms with Crippen molar-refractivity contribution in [2.45, 2.75) is 32.6 Å². The van der Waals surface area contributed by atoms with Crippen LogP contribution in [-0.2, 0) is 9.59 Å². The quantitative estimate of drug-likeness (QED) is 0.621. The van der Waals surface area contributed by atoms with Crippen LogP contribution in [-0.4, -0.2) is 17.3 Å². The van der Waals surface area contributed by atoms with Crippen LogP contribution < -0.4 is 0 Å². The van der Waals surface area contributed by atoms with Crippen molar-refractivity contribution in [2.24, 2.45) is 0 Å². The molecule has 0 fully saturated rings. The van der Waals surface area contributed by atoms with Gasteiger partial charge in [-0.2, -0.15) is 12.6 Å². The molecule has 0 rings (SSSR count). The highest BCUT2D eigenvalue weighted by molar-refractivity contribution is 7.80. The predicted octanol–water partition coefficient (Wildman–Crippen LogP) is 1.63. The largest absolute Gasteiger partial charge is 0.300 e. The molecule has 0 N–H and O–H groups in total. The molecule has 2 nitrogen and oxygen atoms in total. The molecule has 0 aromatic heterocycles. The van der Waals surface area contributed by atoms with Crippen molar-refractivity contribution in [1.82, 2.24) is 0 Å². The summed E-state index contributed by atoms with van der Waals surface area (Å²) in [5, 5.41) is 0. The molecule has 64 valence electrons. The highest BCUT2D eigenvalue weighted by Gasteiger charge is 2.03. The molecular formula is C8H14O2S. The Labute approximate surface area is 72.8 Å². The normalized spacial score (nSPS) is 9.64. The molecule has 0 atom stereocenters. The molecule has 0 unspecified atom stereocenters. The van der Waals surface area contributed by atoms with Crippen LogP contribution in [0.3, 0.4) is 0 Å². The molecule has 0 radical (unpaired) electrons. The lowest BCUT2D eigenvalue weighted by atomic mass is 10.1. The first-order valence-electron chi connectivity index (χ1n) is 3.85. The van der Waals surface area contributed by atoms with Crippen LogP contribution in [0.25, 0.3) is 0 Å². The first-order valence-corrected chi connectivity index (χ1v) is 4.48. The van der Waals surface area contributed by atoms with Gasteiger partial charge in [0.1, 0.15) is 11.6 Å². The Morgan fingerprint density at radius 3 is 2.09 bits per heavy atom. The first-order chi connectivity index (χ1) is 5.20. The van der Waals surface area contributed by atoms with E-state index in [-0.39, 0.29) is 11.6 Å². The van der Waals surface area contributed by atoms with Gasteiger partial charge >= 0.3 is 0 Å². The van der Waals surface area contributed by atoms with Gasteiger partial charge in [-0.05, 0) is 5.75 Å². The smallest absolute Gasteiger partial charge is 0.134 e. The maximum Gasteiger partial charge on any atom is 0.134 e. The molecule has 0 aliphatic rings. The van der Waals surface area contributed by atoms with Crippen molar-refractivity contribution in [1.29, 1.82) is 0 Å². The zero-order valence-electron chi connectivity index (χ0n) is 6.80. The summed E-state index contributed by atoms with van der Waals surface area (Å²) >= 11 is 3.92. The van der Waals surface area contributed by atoms with E-state index in [1.165, 1.54) is 0 Å². The zero-order valence-corrected chi connectivity index (χ0v) is 7.69. The molecule has 0 aromatic carbocycles. The SMILES string of the molecule is CCC(=O)CCC(=O)CCS. The molecule has 11 heavy (non-hydrogen) atoms. The van der Waals surface area contributed by atoms with E-state index in [4.69, 9.17) is 0 Å². The third-order valence-electron chi connectivity index (χ3n) is 1.47. The van der Waals surface area contributed by atoms with Crippen molar-refractivity contribution in [3.8, 4) is 0 Å². The van der Waals surface area contributed by atoms with E-state index in [0.717, 1.165) is 0 Å². The van der Waals surface area contributed by atoms with Crippen molar-refractivity contribution in [2.75, 3.05) is 5.75 Å². The monoisotopic (exact) mass is 174 g/mol. The Hall–Kier alpha value is -0.310. The van der Waals surface area contributed by atoms with Gasteiger partial charge in [-0.3, -0.25) is 9.59 Å². The lowest BCUT2D eigenvalue weighted by Crippen LogP contribution is -2.03. The van der Waals surface area contributed by atoms with Gasteiger partial charge in [0.2, 0.25) is 0 Å². The highest BCUT2D eigenvalue weighted by atomic mass is 32.1. The standard InChI is InChI=1S/C8H14O2S/c1-2-7(9)3-4-8(10)5-6-11/h11H,2-6H2,1H3. The minimum absolute atomic E-state index is 0.141. The molecule has 0 heterocycles. The number of carbonyl (C=O) groups excluding carboxylic acids is 2. The Balaban J connectivity index is 3.38. The number of ketones is 2. The summed E-state index contributed by atoms with van der Waals surface area (Å²) in [6, 6.07) is 0. The summed E-state index contributed by atoms with van der Waals surface area (Å²) in [7, 11) is 0. The lowest BCUT2D eigenvalue weighted by Gasteiger charge is -1.95. The minimum atomic E-state index is 0.141. The van der Waals surface area contributed by atoms with Crippen LogP contribution in [0.5, 0.6) is 0 Å². The van der Waals surface area contributed by atoms with E-state index in [9.17, 15) is 9.59 Å². The fraction of sp³-hybridized carbons (Fsp3) is 0.750. The van der Waals surface area contributed by atoms with Gasteiger partial charge in [0.05, 0.1) is 0 Å². The summed E-state index contributed by atoms with van der Waals surface area (Å²) in [5.41, 5.74) is 0. The Kier molecular flexibility index (Phi) is 6.22. The van der Waals surface area contributed by atoms with Crippen LogP contribution in [0.1, 0.15) is 32.6 Å². The van der Waals surface area contributed by atoms with E-state index in [1.54, 1.807) is 0 Å². The van der Waals surface area contributed by atoms with Crippen LogP contribution in [0, 0.1) is 0 Å². The number of hydrogen-bond acceptors (Lipinski definition) is 3. The summed E-state index contributed by atoms with van der Waals surface area (Å²) in [4.78, 5) is 21.6. The van der Waals surface area contributed by atoms with Gasteiger partial charge in [-0.25, -0.2) is 0 Å². The minimum Gasteiger partial charge on any atom is -0.300 e. The fourth-order valence-corrected chi connectivity index (χ4v) is 0.955. The van der Waals surface area contributed by atoms with Crippen LogP contribution in [0.15, 0.2) is 0 Å². The van der Waals surface area contributed by atoms with E-state index < -0.39 is 0 Å². The molecule has 0 aromatic rings. The first kappa shape index (κ1) is 10.7. The fourth-order valence-electron chi connectivity index (χ4n) is 0.705. The van der Waals surface area contributed by atoms with Gasteiger partial charge in [0, 0.05) is 25.7 Å². The summed E-state index contributed by atoms with van der Waals surface area (Å²) in [5.74, 6) is 0.887. The number of rotatable bonds is 6. The van der Waals surface area contributed by atoms with Crippen molar-refractivity contribution in [3.05, 3.63) is 0 Å². The second-order valence-electron chi connectivity index (χ2n) is 2.40. The average molecular weight is 174 g/mol. The zero-order chi connectivity index (χ0) is 8.69. The van der Waals surface area contributed by atoms with Gasteiger partial charge in [0.15, 0.2) is 0 Å². The molecule has 0 spiro atoms. The third kappa shape index (κ3) is 6.10. The average Bonchev–Trinajstić information content (AvgIpc) is 2.01. The number of thiol groups is 1. The predicted molar refractivity (Wildman–Crippen MR) is 48.0 cm³/mol. The number of carbonyl (C=O) groups is 2. The van der Waals surface area contributed by atoms with Crippen molar-refractivity contribution < 1.29 is 9.59 Å². The van der Waals surface area contributed by atoms with Crippen LogP contribution in [0.2, 0.25) is 0 Å². The number of Topliss-reactive ketones (excluding diaryl/α,β-unsaturated/α-hetero) is 2. The van der Waals surface area contributed by atoms with E-state index in [0.29, 0.717) is 31.4 Å². The third-order valence-corrected chi connectivity index (χ3v) is 1.69. The molecular weight excluding hydrogens is 160 g/mol. The molecule has 0 saturated carbocycles. The summed E-state index contributed by atoms with van der Waals surface area (Å²) in [6.45, 7) is 1.81. The van der Waals surface area contributed by atoms with E-state index >= 15 is 0 Å². The van der Waals surface area contributed by atoms with Gasteiger partial charge in [0.25, 0.3) is 0 Å². The molecule has 3 heteroatoms. The number of hydrogen-bond donors (Lipinski definition) is 1. The second-order valence-corrected chi connectivity index (χ2v) is 2.85. The molecule has 0 aliphatic heterocycles. The lowest BCUT2D eigenvalue weighted by molar-refractivity contribution is -0.123. The Bertz CT molecular complexity index is 143. The maximum absolute atomic E-state index is 10.9. The highest BCUT2D eigenvalue weighted by Crippen LogP contribution is 1.99. The Morgan fingerprint density at radius 1 is 1.09 bits per heavy atom. The topological polar surface area (TPSA) is 34.1 Å². The summed E-state index contributed by atoms with van der Waals surface area (Å²) < 4.78 is 0.